The lowest BCUT2D eigenvalue weighted by atomic mass is 10.1. The molecule has 0 atom stereocenters. The van der Waals surface area contributed by atoms with Crippen LogP contribution in [-0.2, 0) is 6.18 Å². The number of aromatic carboxylic acids is 1. The molecule has 0 aliphatic heterocycles. The highest BCUT2D eigenvalue weighted by Crippen LogP contribution is 2.31. The zero-order valence-electron chi connectivity index (χ0n) is 11.9. The fourth-order valence-corrected chi connectivity index (χ4v) is 2.18. The molecular weight excluding hydrogens is 325 g/mol. The molecule has 24 heavy (non-hydrogen) atoms. The first-order valence-corrected chi connectivity index (χ1v) is 6.65. The van der Waals surface area contributed by atoms with Crippen molar-refractivity contribution >= 4 is 5.97 Å². The van der Waals surface area contributed by atoms with Gasteiger partial charge in [0.1, 0.15) is 5.69 Å². The first-order valence-electron chi connectivity index (χ1n) is 6.65. The van der Waals surface area contributed by atoms with E-state index in [2.05, 4.69) is 15.3 Å². The summed E-state index contributed by atoms with van der Waals surface area (Å²) in [5, 5.41) is 16.5. The average molecular weight is 334 g/mol. The van der Waals surface area contributed by atoms with Gasteiger partial charge < -0.3 is 5.11 Å². The fraction of sp³-hybridized carbons (Fsp3) is 0.0667. The summed E-state index contributed by atoms with van der Waals surface area (Å²) in [4.78, 5) is 15.2. The van der Waals surface area contributed by atoms with Crippen LogP contribution >= 0.6 is 0 Å². The number of aromatic nitrogens is 4. The second-order valence-corrected chi connectivity index (χ2v) is 4.79. The largest absolute Gasteiger partial charge is 0.476 e. The second kappa shape index (κ2) is 5.76. The summed E-state index contributed by atoms with van der Waals surface area (Å²) in [6.07, 6.45) is -1.65. The number of rotatable bonds is 3. The number of nitrogens with zero attached hydrogens (tertiary/aromatic N) is 4. The van der Waals surface area contributed by atoms with Gasteiger partial charge in [-0.1, -0.05) is 11.3 Å². The molecule has 1 aromatic carbocycles. The van der Waals surface area contributed by atoms with Gasteiger partial charge in [-0.05, 0) is 30.3 Å². The quantitative estimate of drug-likeness (QED) is 0.796. The minimum atomic E-state index is -4.53. The van der Waals surface area contributed by atoms with Crippen molar-refractivity contribution in [1.82, 2.24) is 20.0 Å². The summed E-state index contributed by atoms with van der Waals surface area (Å²) in [5.74, 6) is -1.34. The van der Waals surface area contributed by atoms with E-state index in [0.717, 1.165) is 16.8 Å². The Hall–Kier alpha value is -3.23. The lowest BCUT2D eigenvalue weighted by molar-refractivity contribution is -0.137. The van der Waals surface area contributed by atoms with Crippen LogP contribution in [0.3, 0.4) is 0 Å². The Kier molecular flexibility index (Phi) is 3.76. The lowest BCUT2D eigenvalue weighted by Crippen LogP contribution is -2.08. The molecule has 3 aromatic rings. The Morgan fingerprint density at radius 1 is 1.17 bits per heavy atom. The van der Waals surface area contributed by atoms with E-state index in [0.29, 0.717) is 5.56 Å². The molecule has 3 rings (SSSR count). The van der Waals surface area contributed by atoms with E-state index < -0.39 is 17.7 Å². The summed E-state index contributed by atoms with van der Waals surface area (Å²) >= 11 is 0. The van der Waals surface area contributed by atoms with Gasteiger partial charge in [0.25, 0.3) is 0 Å². The summed E-state index contributed by atoms with van der Waals surface area (Å²) in [7, 11) is 0. The predicted molar refractivity (Wildman–Crippen MR) is 76.6 cm³/mol. The SMILES string of the molecule is O=C(O)c1nnn(-c2cccc(C(F)(F)F)c2)c1-c1cccnc1. The number of carbonyl (C=O) groups is 1. The third kappa shape index (κ3) is 2.83. The van der Waals surface area contributed by atoms with Gasteiger partial charge in [0.15, 0.2) is 5.69 Å². The fourth-order valence-electron chi connectivity index (χ4n) is 2.18. The zero-order chi connectivity index (χ0) is 17.3. The molecular formula is C15H9F3N4O2. The molecule has 1 N–H and O–H groups in total. The van der Waals surface area contributed by atoms with E-state index in [1.807, 2.05) is 0 Å². The Balaban J connectivity index is 2.22. The molecule has 2 aromatic heterocycles. The highest BCUT2D eigenvalue weighted by atomic mass is 19.4. The van der Waals surface area contributed by atoms with Crippen molar-refractivity contribution in [3.63, 3.8) is 0 Å². The van der Waals surface area contributed by atoms with Gasteiger partial charge in [-0.3, -0.25) is 4.98 Å². The van der Waals surface area contributed by atoms with Crippen molar-refractivity contribution in [1.29, 1.82) is 0 Å². The molecule has 0 amide bonds. The first kappa shape index (κ1) is 15.7. The van der Waals surface area contributed by atoms with Gasteiger partial charge in [-0.15, -0.1) is 5.10 Å². The number of hydrogen-bond acceptors (Lipinski definition) is 4. The molecule has 9 heteroatoms. The monoisotopic (exact) mass is 334 g/mol. The summed E-state index contributed by atoms with van der Waals surface area (Å²) < 4.78 is 39.7. The number of carboxylic acids is 1. The van der Waals surface area contributed by atoms with Crippen molar-refractivity contribution in [3.8, 4) is 16.9 Å². The van der Waals surface area contributed by atoms with Gasteiger partial charge >= 0.3 is 12.1 Å². The summed E-state index contributed by atoms with van der Waals surface area (Å²) in [6, 6.07) is 7.54. The van der Waals surface area contributed by atoms with Gasteiger partial charge in [-0.2, -0.15) is 13.2 Å². The normalized spacial score (nSPS) is 11.5. The molecule has 0 fully saturated rings. The van der Waals surface area contributed by atoms with Gasteiger partial charge in [0.2, 0.25) is 0 Å². The minimum absolute atomic E-state index is 0.0451. The van der Waals surface area contributed by atoms with E-state index >= 15 is 0 Å². The van der Waals surface area contributed by atoms with Gasteiger partial charge in [-0.25, -0.2) is 9.48 Å². The number of benzene rings is 1. The Labute approximate surface area is 133 Å². The molecule has 0 saturated carbocycles. The number of carboxylic acid groups (broad SMARTS) is 1. The van der Waals surface area contributed by atoms with Crippen LogP contribution in [0.15, 0.2) is 48.8 Å². The van der Waals surface area contributed by atoms with Crippen LogP contribution < -0.4 is 0 Å². The number of pyridine rings is 1. The van der Waals surface area contributed by atoms with E-state index in [-0.39, 0.29) is 17.1 Å². The maximum absolute atomic E-state index is 12.9. The Morgan fingerprint density at radius 2 is 1.96 bits per heavy atom. The van der Waals surface area contributed by atoms with Crippen LogP contribution in [0.25, 0.3) is 16.9 Å². The predicted octanol–water partition coefficient (Wildman–Crippen LogP) is 3.05. The summed E-state index contributed by atoms with van der Waals surface area (Å²) in [6.45, 7) is 0. The molecule has 0 radical (unpaired) electrons. The van der Waals surface area contributed by atoms with E-state index in [4.69, 9.17) is 0 Å². The first-order chi connectivity index (χ1) is 11.4. The molecule has 0 bridgehead atoms. The maximum Gasteiger partial charge on any atom is 0.416 e. The zero-order valence-corrected chi connectivity index (χ0v) is 11.9. The topological polar surface area (TPSA) is 80.9 Å². The van der Waals surface area contributed by atoms with E-state index in [1.165, 1.54) is 24.5 Å². The van der Waals surface area contributed by atoms with Crippen LogP contribution in [0.2, 0.25) is 0 Å². The van der Waals surface area contributed by atoms with Crippen LogP contribution in [0, 0.1) is 0 Å². The molecule has 2 heterocycles. The van der Waals surface area contributed by atoms with E-state index in [1.54, 1.807) is 12.1 Å². The standard InChI is InChI=1S/C15H9F3N4O2/c16-15(17,18)10-4-1-5-11(7-10)22-13(9-3-2-6-19-8-9)12(14(23)24)20-21-22/h1-8H,(H,23,24). The van der Waals surface area contributed by atoms with Crippen molar-refractivity contribution in [3.05, 3.63) is 60.0 Å². The van der Waals surface area contributed by atoms with Crippen molar-refractivity contribution in [2.75, 3.05) is 0 Å². The molecule has 122 valence electrons. The van der Waals surface area contributed by atoms with Crippen LogP contribution in [0.5, 0.6) is 0 Å². The average Bonchev–Trinajstić information content (AvgIpc) is 3.00. The smallest absolute Gasteiger partial charge is 0.416 e. The van der Waals surface area contributed by atoms with Crippen LogP contribution in [0.4, 0.5) is 13.2 Å². The third-order valence-corrected chi connectivity index (χ3v) is 3.23. The molecule has 0 unspecified atom stereocenters. The van der Waals surface area contributed by atoms with Crippen LogP contribution in [-0.4, -0.2) is 31.1 Å². The lowest BCUT2D eigenvalue weighted by Gasteiger charge is -2.10. The second-order valence-electron chi connectivity index (χ2n) is 4.79. The number of alkyl halides is 3. The molecule has 0 aliphatic rings. The van der Waals surface area contributed by atoms with Gasteiger partial charge in [0.05, 0.1) is 11.3 Å². The van der Waals surface area contributed by atoms with Gasteiger partial charge in [0, 0.05) is 18.0 Å². The third-order valence-electron chi connectivity index (χ3n) is 3.23. The number of hydrogen-bond donors (Lipinski definition) is 1. The molecule has 6 nitrogen and oxygen atoms in total. The van der Waals surface area contributed by atoms with Crippen LogP contribution in [0.1, 0.15) is 16.1 Å². The highest BCUT2D eigenvalue weighted by molar-refractivity contribution is 5.92. The van der Waals surface area contributed by atoms with Crippen molar-refractivity contribution in [2.24, 2.45) is 0 Å². The highest BCUT2D eigenvalue weighted by Gasteiger charge is 2.31. The van der Waals surface area contributed by atoms with E-state index in [9.17, 15) is 23.1 Å². The maximum atomic E-state index is 12.9. The molecule has 0 saturated heterocycles. The number of halogens is 3. The minimum Gasteiger partial charge on any atom is -0.476 e. The molecule has 0 aliphatic carbocycles. The Morgan fingerprint density at radius 3 is 2.58 bits per heavy atom. The molecule has 0 spiro atoms. The van der Waals surface area contributed by atoms with Crippen molar-refractivity contribution < 1.29 is 23.1 Å². The summed E-state index contributed by atoms with van der Waals surface area (Å²) in [5.41, 5.74) is -0.777. The van der Waals surface area contributed by atoms with Crippen molar-refractivity contribution in [2.45, 2.75) is 6.18 Å². The Bertz CT molecular complexity index is 891.